The zero-order valence-electron chi connectivity index (χ0n) is 16.0. The number of aryl methyl sites for hydroxylation is 1. The average molecular weight is 394 g/mol. The van der Waals surface area contributed by atoms with E-state index in [1.165, 1.54) is 11.1 Å². The van der Waals surface area contributed by atoms with Gasteiger partial charge in [0, 0.05) is 36.6 Å². The molecule has 0 unspecified atom stereocenters. The Morgan fingerprint density at radius 3 is 2.50 bits per heavy atom. The molecule has 5 heteroatoms. The number of aromatic nitrogens is 2. The Labute approximate surface area is 170 Å². The van der Waals surface area contributed by atoms with Crippen molar-refractivity contribution >= 4 is 11.6 Å². The summed E-state index contributed by atoms with van der Waals surface area (Å²) >= 11 is 5.95. The van der Waals surface area contributed by atoms with Crippen molar-refractivity contribution in [2.24, 2.45) is 0 Å². The predicted octanol–water partition coefficient (Wildman–Crippen LogP) is 4.60. The Bertz CT molecular complexity index is 1010. The number of fused-ring (bicyclic) bond motifs is 1. The molecule has 0 bridgehead atoms. The largest absolute Gasteiger partial charge is 0.306 e. The lowest BCUT2D eigenvalue weighted by Gasteiger charge is -2.27. The molecule has 0 spiro atoms. The van der Waals surface area contributed by atoms with Crippen LogP contribution in [0.1, 0.15) is 35.7 Å². The van der Waals surface area contributed by atoms with Crippen LogP contribution in [0.3, 0.4) is 0 Å². The second kappa shape index (κ2) is 8.29. The highest BCUT2D eigenvalue weighted by molar-refractivity contribution is 6.30. The molecule has 28 heavy (non-hydrogen) atoms. The SMILES string of the molecule is CCCc1ccc(CN2CCc3nc(-c4ccc(Cl)cc4)[nH]c(=O)c3C2)cc1. The van der Waals surface area contributed by atoms with Crippen LogP contribution in [0.2, 0.25) is 5.02 Å². The number of aromatic amines is 1. The van der Waals surface area contributed by atoms with Gasteiger partial charge in [0.05, 0.1) is 11.3 Å². The first-order valence-corrected chi connectivity index (χ1v) is 10.2. The van der Waals surface area contributed by atoms with E-state index in [1.807, 2.05) is 24.3 Å². The van der Waals surface area contributed by atoms with Crippen molar-refractivity contribution in [3.05, 3.63) is 86.3 Å². The fraction of sp³-hybridized carbons (Fsp3) is 0.304. The molecule has 0 aliphatic carbocycles. The van der Waals surface area contributed by atoms with Crippen molar-refractivity contribution in [2.75, 3.05) is 6.54 Å². The maximum Gasteiger partial charge on any atom is 0.255 e. The van der Waals surface area contributed by atoms with Crippen LogP contribution in [0.25, 0.3) is 11.4 Å². The molecule has 0 saturated heterocycles. The van der Waals surface area contributed by atoms with Crippen LogP contribution in [-0.2, 0) is 25.9 Å². The molecular weight excluding hydrogens is 370 g/mol. The molecule has 3 aromatic rings. The Morgan fingerprint density at radius 1 is 1.07 bits per heavy atom. The van der Waals surface area contributed by atoms with Gasteiger partial charge in [-0.1, -0.05) is 49.2 Å². The van der Waals surface area contributed by atoms with Crippen molar-refractivity contribution in [1.82, 2.24) is 14.9 Å². The van der Waals surface area contributed by atoms with Gasteiger partial charge >= 0.3 is 0 Å². The molecule has 1 aromatic heterocycles. The Balaban J connectivity index is 1.51. The first-order valence-electron chi connectivity index (χ1n) is 9.80. The van der Waals surface area contributed by atoms with Gasteiger partial charge in [0.2, 0.25) is 0 Å². The first kappa shape index (κ1) is 18.9. The van der Waals surface area contributed by atoms with Gasteiger partial charge in [0.1, 0.15) is 5.82 Å². The van der Waals surface area contributed by atoms with E-state index in [4.69, 9.17) is 16.6 Å². The van der Waals surface area contributed by atoms with E-state index >= 15 is 0 Å². The lowest BCUT2D eigenvalue weighted by atomic mass is 10.0. The molecule has 2 heterocycles. The molecule has 0 radical (unpaired) electrons. The fourth-order valence-corrected chi connectivity index (χ4v) is 3.84. The van der Waals surface area contributed by atoms with Gasteiger partial charge < -0.3 is 4.98 Å². The third-order valence-corrected chi connectivity index (χ3v) is 5.49. The van der Waals surface area contributed by atoms with E-state index in [9.17, 15) is 4.79 Å². The van der Waals surface area contributed by atoms with E-state index in [0.29, 0.717) is 17.4 Å². The highest BCUT2D eigenvalue weighted by Gasteiger charge is 2.21. The van der Waals surface area contributed by atoms with E-state index in [2.05, 4.69) is 41.1 Å². The van der Waals surface area contributed by atoms with Crippen LogP contribution < -0.4 is 5.56 Å². The molecular formula is C23H24ClN3O. The van der Waals surface area contributed by atoms with Crippen molar-refractivity contribution in [2.45, 2.75) is 39.3 Å². The summed E-state index contributed by atoms with van der Waals surface area (Å²) in [6, 6.07) is 16.2. The maximum atomic E-state index is 12.7. The molecule has 1 aliphatic rings. The molecule has 4 nitrogen and oxygen atoms in total. The molecule has 4 rings (SSSR count). The van der Waals surface area contributed by atoms with Crippen LogP contribution in [0.4, 0.5) is 0 Å². The molecule has 144 valence electrons. The van der Waals surface area contributed by atoms with Crippen LogP contribution in [0, 0.1) is 0 Å². The van der Waals surface area contributed by atoms with Crippen molar-refractivity contribution in [3.8, 4) is 11.4 Å². The van der Waals surface area contributed by atoms with Gasteiger partial charge in [-0.05, 0) is 41.8 Å². The predicted molar refractivity (Wildman–Crippen MR) is 114 cm³/mol. The summed E-state index contributed by atoms with van der Waals surface area (Å²) in [5, 5.41) is 0.669. The van der Waals surface area contributed by atoms with Crippen molar-refractivity contribution in [3.63, 3.8) is 0 Å². The number of nitrogens with one attached hydrogen (secondary N) is 1. The Morgan fingerprint density at radius 2 is 1.79 bits per heavy atom. The van der Waals surface area contributed by atoms with Crippen LogP contribution in [0.5, 0.6) is 0 Å². The fourth-order valence-electron chi connectivity index (χ4n) is 3.72. The van der Waals surface area contributed by atoms with E-state index < -0.39 is 0 Å². The van der Waals surface area contributed by atoms with Gasteiger partial charge in [-0.2, -0.15) is 0 Å². The normalized spacial score (nSPS) is 14.1. The molecule has 0 atom stereocenters. The summed E-state index contributed by atoms with van der Waals surface area (Å²) in [7, 11) is 0. The second-order valence-electron chi connectivity index (χ2n) is 7.37. The zero-order valence-corrected chi connectivity index (χ0v) is 16.8. The summed E-state index contributed by atoms with van der Waals surface area (Å²) in [4.78, 5) is 22.7. The Hall–Kier alpha value is -2.43. The number of hydrogen-bond acceptors (Lipinski definition) is 3. The number of hydrogen-bond donors (Lipinski definition) is 1. The highest BCUT2D eigenvalue weighted by Crippen LogP contribution is 2.21. The molecule has 0 fully saturated rings. The minimum absolute atomic E-state index is 0.0436. The Kier molecular flexibility index (Phi) is 5.60. The minimum atomic E-state index is -0.0436. The van der Waals surface area contributed by atoms with Gasteiger partial charge in [0.15, 0.2) is 0 Å². The van der Waals surface area contributed by atoms with E-state index in [1.54, 1.807) is 0 Å². The summed E-state index contributed by atoms with van der Waals surface area (Å²) in [5.41, 5.74) is 5.18. The molecule has 0 amide bonds. The minimum Gasteiger partial charge on any atom is -0.306 e. The smallest absolute Gasteiger partial charge is 0.255 e. The number of nitrogens with zero attached hydrogens (tertiary/aromatic N) is 2. The summed E-state index contributed by atoms with van der Waals surface area (Å²) in [6.45, 7) is 4.59. The molecule has 1 N–H and O–H groups in total. The highest BCUT2D eigenvalue weighted by atomic mass is 35.5. The first-order chi connectivity index (χ1) is 13.6. The number of H-pyrrole nitrogens is 1. The summed E-state index contributed by atoms with van der Waals surface area (Å²) < 4.78 is 0. The molecule has 0 saturated carbocycles. The molecule has 1 aliphatic heterocycles. The van der Waals surface area contributed by atoms with Crippen molar-refractivity contribution < 1.29 is 0 Å². The molecule has 2 aromatic carbocycles. The third kappa shape index (κ3) is 4.18. The van der Waals surface area contributed by atoms with E-state index in [-0.39, 0.29) is 5.56 Å². The third-order valence-electron chi connectivity index (χ3n) is 5.23. The van der Waals surface area contributed by atoms with Crippen LogP contribution >= 0.6 is 11.6 Å². The standard InChI is InChI=1S/C23H24ClN3O/c1-2-3-16-4-6-17(7-5-16)14-27-13-12-21-20(15-27)23(28)26-22(25-21)18-8-10-19(24)11-9-18/h4-11H,2-3,12-15H2,1H3,(H,25,26,28). The average Bonchev–Trinajstić information content (AvgIpc) is 2.70. The van der Waals surface area contributed by atoms with Gasteiger partial charge in [0.25, 0.3) is 5.56 Å². The number of halogens is 1. The van der Waals surface area contributed by atoms with Crippen molar-refractivity contribution in [1.29, 1.82) is 0 Å². The number of rotatable bonds is 5. The van der Waals surface area contributed by atoms with Gasteiger partial charge in [-0.3, -0.25) is 9.69 Å². The van der Waals surface area contributed by atoms with Gasteiger partial charge in [-0.25, -0.2) is 4.98 Å². The topological polar surface area (TPSA) is 49.0 Å². The van der Waals surface area contributed by atoms with Crippen LogP contribution in [0.15, 0.2) is 53.3 Å². The summed E-state index contributed by atoms with van der Waals surface area (Å²) in [5.74, 6) is 0.611. The zero-order chi connectivity index (χ0) is 19.5. The van der Waals surface area contributed by atoms with Crippen LogP contribution in [-0.4, -0.2) is 21.4 Å². The lowest BCUT2D eigenvalue weighted by molar-refractivity contribution is 0.242. The summed E-state index contributed by atoms with van der Waals surface area (Å²) in [6.07, 6.45) is 3.07. The van der Waals surface area contributed by atoms with E-state index in [0.717, 1.165) is 49.2 Å². The lowest BCUT2D eigenvalue weighted by Crippen LogP contribution is -2.35. The maximum absolute atomic E-state index is 12.7. The quantitative estimate of drug-likeness (QED) is 0.689. The monoisotopic (exact) mass is 393 g/mol. The number of benzene rings is 2. The van der Waals surface area contributed by atoms with Gasteiger partial charge in [-0.15, -0.1) is 0 Å². The second-order valence-corrected chi connectivity index (χ2v) is 7.81.